The van der Waals surface area contributed by atoms with Crippen LogP contribution in [0.5, 0.6) is 0 Å². The van der Waals surface area contributed by atoms with Crippen LogP contribution in [0.4, 0.5) is 0 Å². The van der Waals surface area contributed by atoms with Crippen molar-refractivity contribution in [1.29, 1.82) is 0 Å². The molecule has 0 bridgehead atoms. The minimum atomic E-state index is 0. The Morgan fingerprint density at radius 2 is 1.36 bits per heavy atom. The molecule has 0 aliphatic heterocycles. The van der Waals surface area contributed by atoms with Gasteiger partial charge in [-0.15, -0.1) is 0 Å². The van der Waals surface area contributed by atoms with Gasteiger partial charge in [0.15, 0.2) is 0 Å². The number of hydrogen-bond acceptors (Lipinski definition) is 3. The molecule has 0 radical (unpaired) electrons. The molecule has 0 saturated carbocycles. The number of rotatable bonds is 7. The van der Waals surface area contributed by atoms with Crippen LogP contribution in [-0.4, -0.2) is 55.7 Å². The first-order valence-electron chi connectivity index (χ1n) is 4.02. The minimum absolute atomic E-state index is 0. The topological polar surface area (TPSA) is 64.1 Å². The van der Waals surface area contributed by atoms with Crippen molar-refractivity contribution in [2.75, 3.05) is 26.2 Å². The number of nitrogens with two attached hydrogens (primary N) is 2. The van der Waals surface area contributed by atoms with E-state index in [1.807, 2.05) is 0 Å². The van der Waals surface area contributed by atoms with Gasteiger partial charge >= 0.3 is 29.6 Å². The van der Waals surface area contributed by atoms with Gasteiger partial charge in [0.05, 0.1) is 0 Å². The zero-order chi connectivity index (χ0) is 7.66. The van der Waals surface area contributed by atoms with Crippen molar-refractivity contribution in [3.8, 4) is 0 Å². The van der Waals surface area contributed by atoms with Crippen LogP contribution in [0.25, 0.3) is 0 Å². The summed E-state index contributed by atoms with van der Waals surface area (Å²) in [6.07, 6.45) is 3.37. The molecule has 11 heavy (non-hydrogen) atoms. The number of hydrogen-bond donors (Lipinski definition) is 3. The standard InChI is InChI=1S/C7H19N3.Na.H/c8-4-1-2-6-10-7-3-5-9;;/h10H,1-9H2;;. The fourth-order valence-corrected chi connectivity index (χ4v) is 0.746. The van der Waals surface area contributed by atoms with Gasteiger partial charge in [0, 0.05) is 0 Å². The number of nitrogens with one attached hydrogen (secondary N) is 1. The summed E-state index contributed by atoms with van der Waals surface area (Å²) in [6, 6.07) is 0. The zero-order valence-corrected chi connectivity index (χ0v) is 6.60. The van der Waals surface area contributed by atoms with Gasteiger partial charge in [-0.1, -0.05) is 0 Å². The van der Waals surface area contributed by atoms with Gasteiger partial charge in [-0.3, -0.25) is 0 Å². The molecule has 0 spiro atoms. The Labute approximate surface area is 91.6 Å². The van der Waals surface area contributed by atoms with E-state index < -0.39 is 0 Å². The first-order chi connectivity index (χ1) is 4.91. The normalized spacial score (nSPS) is 9.27. The van der Waals surface area contributed by atoms with E-state index in [1.165, 1.54) is 6.42 Å². The van der Waals surface area contributed by atoms with Crippen LogP contribution in [0.1, 0.15) is 19.3 Å². The van der Waals surface area contributed by atoms with Crippen LogP contribution in [0.2, 0.25) is 0 Å². The van der Waals surface area contributed by atoms with Crippen molar-refractivity contribution in [2.45, 2.75) is 19.3 Å². The van der Waals surface area contributed by atoms with Crippen molar-refractivity contribution in [2.24, 2.45) is 11.5 Å². The van der Waals surface area contributed by atoms with E-state index in [2.05, 4.69) is 5.32 Å². The predicted molar refractivity (Wildman–Crippen MR) is 52.0 cm³/mol. The van der Waals surface area contributed by atoms with E-state index in [0.29, 0.717) is 0 Å². The first kappa shape index (κ1) is 14.4. The van der Waals surface area contributed by atoms with Crippen molar-refractivity contribution in [3.05, 3.63) is 0 Å². The van der Waals surface area contributed by atoms with E-state index in [4.69, 9.17) is 11.5 Å². The van der Waals surface area contributed by atoms with E-state index in [1.54, 1.807) is 0 Å². The second-order valence-corrected chi connectivity index (χ2v) is 2.39. The second kappa shape index (κ2) is 13.5. The van der Waals surface area contributed by atoms with Gasteiger partial charge in [0.1, 0.15) is 0 Å². The van der Waals surface area contributed by atoms with Gasteiger partial charge < -0.3 is 16.8 Å². The molecule has 64 valence electrons. The third-order valence-electron chi connectivity index (χ3n) is 1.37. The molecule has 0 aromatic carbocycles. The van der Waals surface area contributed by atoms with Gasteiger partial charge in [-0.25, -0.2) is 0 Å². The van der Waals surface area contributed by atoms with Crippen LogP contribution < -0.4 is 16.8 Å². The Kier molecular flexibility index (Phi) is 17.6. The summed E-state index contributed by atoms with van der Waals surface area (Å²) in [5.41, 5.74) is 10.6. The first-order valence-corrected chi connectivity index (χ1v) is 4.02. The van der Waals surface area contributed by atoms with Crippen molar-refractivity contribution in [1.82, 2.24) is 5.32 Å². The number of unbranched alkanes of at least 4 members (excludes halogenated alkanes) is 1. The van der Waals surface area contributed by atoms with E-state index >= 15 is 0 Å². The molecule has 0 saturated heterocycles. The third kappa shape index (κ3) is 13.8. The predicted octanol–water partition coefficient (Wildman–Crippen LogP) is -0.985. The molecular weight excluding hydrogens is 149 g/mol. The Morgan fingerprint density at radius 3 is 1.91 bits per heavy atom. The summed E-state index contributed by atoms with van der Waals surface area (Å²) in [4.78, 5) is 0. The summed E-state index contributed by atoms with van der Waals surface area (Å²) in [7, 11) is 0. The molecule has 3 nitrogen and oxygen atoms in total. The van der Waals surface area contributed by atoms with Crippen LogP contribution in [0.15, 0.2) is 0 Å². The monoisotopic (exact) mass is 169 g/mol. The molecule has 0 aromatic rings. The van der Waals surface area contributed by atoms with Gasteiger partial charge in [-0.05, 0) is 45.4 Å². The molecule has 0 fully saturated rings. The molecule has 0 amide bonds. The summed E-state index contributed by atoms with van der Waals surface area (Å²) >= 11 is 0. The molecule has 0 aromatic heterocycles. The van der Waals surface area contributed by atoms with Crippen LogP contribution in [-0.2, 0) is 0 Å². The molecule has 5 N–H and O–H groups in total. The summed E-state index contributed by atoms with van der Waals surface area (Å²) in [5, 5.41) is 3.29. The van der Waals surface area contributed by atoms with Crippen molar-refractivity contribution in [3.63, 3.8) is 0 Å². The molecular formula is C7H20N3Na. The molecule has 4 heteroatoms. The Hall–Kier alpha value is 0.880. The Morgan fingerprint density at radius 1 is 0.818 bits per heavy atom. The molecule has 0 aliphatic rings. The quantitative estimate of drug-likeness (QED) is 0.339. The molecule has 0 aliphatic carbocycles. The van der Waals surface area contributed by atoms with Crippen molar-refractivity contribution < 1.29 is 0 Å². The van der Waals surface area contributed by atoms with Gasteiger partial charge in [-0.2, -0.15) is 0 Å². The van der Waals surface area contributed by atoms with E-state index in [0.717, 1.165) is 39.0 Å². The molecule has 0 heterocycles. The summed E-state index contributed by atoms with van der Waals surface area (Å²) in [5.74, 6) is 0. The maximum absolute atomic E-state index is 5.32. The summed E-state index contributed by atoms with van der Waals surface area (Å²) < 4.78 is 0. The zero-order valence-electron chi connectivity index (χ0n) is 6.60. The average molecular weight is 169 g/mol. The molecule has 0 rings (SSSR count). The third-order valence-corrected chi connectivity index (χ3v) is 1.37. The van der Waals surface area contributed by atoms with E-state index in [-0.39, 0.29) is 29.6 Å². The fraction of sp³-hybridized carbons (Fsp3) is 1.00. The molecule has 0 atom stereocenters. The summed E-state index contributed by atoms with van der Waals surface area (Å²) in [6.45, 7) is 3.71. The Balaban J connectivity index is 0. The van der Waals surface area contributed by atoms with Gasteiger partial charge in [0.2, 0.25) is 0 Å². The van der Waals surface area contributed by atoms with Crippen LogP contribution in [0, 0.1) is 0 Å². The molecule has 0 unspecified atom stereocenters. The maximum atomic E-state index is 5.32. The second-order valence-electron chi connectivity index (χ2n) is 2.39. The SMILES string of the molecule is NCCCCNCCCN.[NaH]. The van der Waals surface area contributed by atoms with E-state index in [9.17, 15) is 0 Å². The van der Waals surface area contributed by atoms with Crippen molar-refractivity contribution >= 4 is 29.6 Å². The average Bonchev–Trinajstić information content (AvgIpc) is 1.97. The fourth-order valence-electron chi connectivity index (χ4n) is 0.746. The Bertz CT molecular complexity index is 53.6. The van der Waals surface area contributed by atoms with Gasteiger partial charge in [0.25, 0.3) is 0 Å². The van der Waals surface area contributed by atoms with Crippen LogP contribution >= 0.6 is 0 Å². The van der Waals surface area contributed by atoms with Crippen LogP contribution in [0.3, 0.4) is 0 Å².